The van der Waals surface area contributed by atoms with Gasteiger partial charge in [-0.2, -0.15) is 4.98 Å². The van der Waals surface area contributed by atoms with Crippen molar-refractivity contribution in [2.24, 2.45) is 0 Å². The van der Waals surface area contributed by atoms with Gasteiger partial charge in [-0.25, -0.2) is 14.3 Å². The number of aromatic nitrogens is 4. The highest BCUT2D eigenvalue weighted by atomic mass is 35.5. The van der Waals surface area contributed by atoms with E-state index in [1.165, 1.54) is 16.6 Å². The monoisotopic (exact) mass is 404 g/mol. The number of rotatable bonds is 5. The highest BCUT2D eigenvalue weighted by Gasteiger charge is 2.20. The maximum Gasteiger partial charge on any atom is 0.378 e. The number of halogens is 1. The molecule has 1 aromatic carbocycles. The molecule has 12 heteroatoms. The van der Waals surface area contributed by atoms with Crippen molar-refractivity contribution >= 4 is 40.6 Å². The molecule has 0 spiro atoms. The summed E-state index contributed by atoms with van der Waals surface area (Å²) in [5, 5.41) is 17.5. The van der Waals surface area contributed by atoms with E-state index in [-0.39, 0.29) is 28.0 Å². The van der Waals surface area contributed by atoms with Gasteiger partial charge >= 0.3 is 5.97 Å². The minimum atomic E-state index is -0.932. The Balaban J connectivity index is 1.68. The lowest BCUT2D eigenvalue weighted by atomic mass is 10.2. The van der Waals surface area contributed by atoms with Crippen LogP contribution >= 0.6 is 11.6 Å². The lowest BCUT2D eigenvalue weighted by Crippen LogP contribution is -2.22. The zero-order valence-corrected chi connectivity index (χ0v) is 15.4. The average molecular weight is 405 g/mol. The van der Waals surface area contributed by atoms with Crippen LogP contribution in [0, 0.1) is 24.0 Å². The minimum absolute atomic E-state index is 0.111. The first kappa shape index (κ1) is 19.2. The van der Waals surface area contributed by atoms with E-state index in [0.717, 1.165) is 11.8 Å². The Morgan fingerprint density at radius 1 is 1.29 bits per heavy atom. The molecule has 144 valence electrons. The first-order valence-corrected chi connectivity index (χ1v) is 8.24. The molecule has 2 aromatic heterocycles. The predicted molar refractivity (Wildman–Crippen MR) is 97.3 cm³/mol. The number of carbonyl (C=O) groups excluding carboxylic acids is 2. The Kier molecular flexibility index (Phi) is 5.18. The molecule has 0 aliphatic carbocycles. The van der Waals surface area contributed by atoms with Crippen molar-refractivity contribution in [3.63, 3.8) is 0 Å². The van der Waals surface area contributed by atoms with Crippen LogP contribution in [0.2, 0.25) is 5.02 Å². The summed E-state index contributed by atoms with van der Waals surface area (Å²) in [6, 6.07) is 5.46. The number of nitro benzene ring substituents is 1. The number of aryl methyl sites for hydroxylation is 2. The van der Waals surface area contributed by atoms with Gasteiger partial charge in [0.1, 0.15) is 5.69 Å². The summed E-state index contributed by atoms with van der Waals surface area (Å²) >= 11 is 5.79. The molecule has 1 amide bonds. The second-order valence-electron chi connectivity index (χ2n) is 5.73. The second-order valence-corrected chi connectivity index (χ2v) is 6.17. The third kappa shape index (κ3) is 4.04. The lowest BCUT2D eigenvalue weighted by molar-refractivity contribution is -0.383. The molecular formula is C16H13ClN6O5. The quantitative estimate of drug-likeness (QED) is 0.387. The number of nitrogens with one attached hydrogen (secondary N) is 1. The van der Waals surface area contributed by atoms with Crippen molar-refractivity contribution in [3.05, 3.63) is 56.6 Å². The standard InChI is InChI=1S/C16H13ClN6O5/c1-8-5-9(2)22-16(18-8)20-14(21-22)15(25)28-7-13(24)19-11-6-10(17)3-4-12(11)23(26)27/h3-6H,7H2,1-2H3,(H,19,24). The summed E-state index contributed by atoms with van der Waals surface area (Å²) in [4.78, 5) is 42.5. The van der Waals surface area contributed by atoms with Gasteiger partial charge in [0.05, 0.1) is 4.92 Å². The van der Waals surface area contributed by atoms with Gasteiger partial charge in [0.15, 0.2) is 6.61 Å². The molecule has 0 aliphatic heterocycles. The number of hydrogen-bond acceptors (Lipinski definition) is 8. The number of esters is 1. The number of hydrogen-bond donors (Lipinski definition) is 1. The van der Waals surface area contributed by atoms with Crippen LogP contribution in [0.4, 0.5) is 11.4 Å². The number of nitro groups is 1. The van der Waals surface area contributed by atoms with Crippen LogP contribution < -0.4 is 5.32 Å². The Hall–Kier alpha value is -3.60. The van der Waals surface area contributed by atoms with Crippen LogP contribution in [0.25, 0.3) is 5.78 Å². The van der Waals surface area contributed by atoms with E-state index in [1.807, 2.05) is 0 Å². The fourth-order valence-corrected chi connectivity index (χ4v) is 2.57. The van der Waals surface area contributed by atoms with Crippen LogP contribution in [0.1, 0.15) is 22.0 Å². The summed E-state index contributed by atoms with van der Waals surface area (Å²) in [7, 11) is 0. The fourth-order valence-electron chi connectivity index (χ4n) is 2.40. The van der Waals surface area contributed by atoms with Gasteiger partial charge in [-0.05, 0) is 32.0 Å². The predicted octanol–water partition coefficient (Wildman–Crippen LogP) is 2.10. The molecule has 0 bridgehead atoms. The van der Waals surface area contributed by atoms with Crippen molar-refractivity contribution in [3.8, 4) is 0 Å². The molecule has 2 heterocycles. The fraction of sp³-hybridized carbons (Fsp3) is 0.188. The van der Waals surface area contributed by atoms with Gasteiger partial charge in [-0.3, -0.25) is 14.9 Å². The van der Waals surface area contributed by atoms with E-state index in [0.29, 0.717) is 5.69 Å². The first-order chi connectivity index (χ1) is 13.2. The van der Waals surface area contributed by atoms with Crippen molar-refractivity contribution in [1.29, 1.82) is 0 Å². The Bertz CT molecular complexity index is 1110. The Morgan fingerprint density at radius 3 is 2.75 bits per heavy atom. The molecule has 11 nitrogen and oxygen atoms in total. The van der Waals surface area contributed by atoms with E-state index < -0.39 is 23.4 Å². The minimum Gasteiger partial charge on any atom is -0.450 e. The summed E-state index contributed by atoms with van der Waals surface area (Å²) in [6.45, 7) is 2.86. The zero-order chi connectivity index (χ0) is 20.4. The molecule has 3 rings (SSSR count). The average Bonchev–Trinajstić information content (AvgIpc) is 3.04. The van der Waals surface area contributed by atoms with Gasteiger partial charge in [0.2, 0.25) is 0 Å². The summed E-state index contributed by atoms with van der Waals surface area (Å²) in [6.07, 6.45) is 0. The first-order valence-electron chi connectivity index (χ1n) is 7.86. The summed E-state index contributed by atoms with van der Waals surface area (Å²) in [5.74, 6) is -1.75. The number of carbonyl (C=O) groups is 2. The van der Waals surface area contributed by atoms with E-state index >= 15 is 0 Å². The highest BCUT2D eigenvalue weighted by molar-refractivity contribution is 6.31. The number of nitrogens with zero attached hydrogens (tertiary/aromatic N) is 5. The molecule has 0 radical (unpaired) electrons. The third-order valence-corrected chi connectivity index (χ3v) is 3.80. The summed E-state index contributed by atoms with van der Waals surface area (Å²) < 4.78 is 6.25. The lowest BCUT2D eigenvalue weighted by Gasteiger charge is -2.06. The van der Waals surface area contributed by atoms with Gasteiger partial charge in [0, 0.05) is 22.5 Å². The van der Waals surface area contributed by atoms with Gasteiger partial charge in [0.25, 0.3) is 23.2 Å². The third-order valence-electron chi connectivity index (χ3n) is 3.56. The molecule has 0 saturated heterocycles. The largest absolute Gasteiger partial charge is 0.450 e. The SMILES string of the molecule is Cc1cc(C)n2nc(C(=O)OCC(=O)Nc3cc(Cl)ccc3[N+](=O)[O-])nc2n1. The van der Waals surface area contributed by atoms with Crippen LogP contribution in [0.5, 0.6) is 0 Å². The molecule has 0 fully saturated rings. The highest BCUT2D eigenvalue weighted by Crippen LogP contribution is 2.27. The number of amides is 1. The molecule has 0 saturated carbocycles. The van der Waals surface area contributed by atoms with E-state index in [1.54, 1.807) is 19.9 Å². The smallest absolute Gasteiger partial charge is 0.378 e. The van der Waals surface area contributed by atoms with Gasteiger partial charge in [-0.15, -0.1) is 5.10 Å². The van der Waals surface area contributed by atoms with Crippen LogP contribution in [0.3, 0.4) is 0 Å². The second kappa shape index (κ2) is 7.56. The van der Waals surface area contributed by atoms with E-state index in [2.05, 4.69) is 20.4 Å². The van der Waals surface area contributed by atoms with Crippen molar-refractivity contribution in [2.45, 2.75) is 13.8 Å². The zero-order valence-electron chi connectivity index (χ0n) is 14.7. The van der Waals surface area contributed by atoms with Gasteiger partial charge in [-0.1, -0.05) is 11.6 Å². The molecule has 0 aliphatic rings. The molecular weight excluding hydrogens is 392 g/mol. The van der Waals surface area contributed by atoms with Crippen molar-refractivity contribution in [2.75, 3.05) is 11.9 Å². The molecule has 0 atom stereocenters. The van der Waals surface area contributed by atoms with Crippen LogP contribution in [-0.4, -0.2) is 43.0 Å². The number of fused-ring (bicyclic) bond motifs is 1. The molecule has 3 aromatic rings. The maximum atomic E-state index is 12.1. The van der Waals surface area contributed by atoms with Crippen molar-refractivity contribution < 1.29 is 19.2 Å². The molecule has 0 unspecified atom stereocenters. The Morgan fingerprint density at radius 2 is 2.04 bits per heavy atom. The maximum absolute atomic E-state index is 12.1. The van der Waals surface area contributed by atoms with Crippen LogP contribution in [0.15, 0.2) is 24.3 Å². The Labute approximate surface area is 162 Å². The van der Waals surface area contributed by atoms with Gasteiger partial charge < -0.3 is 10.1 Å². The normalized spacial score (nSPS) is 10.7. The molecule has 28 heavy (non-hydrogen) atoms. The van der Waals surface area contributed by atoms with Crippen LogP contribution in [-0.2, 0) is 9.53 Å². The number of benzene rings is 1. The van der Waals surface area contributed by atoms with Crippen molar-refractivity contribution in [1.82, 2.24) is 19.6 Å². The van der Waals surface area contributed by atoms with E-state index in [9.17, 15) is 19.7 Å². The topological polar surface area (TPSA) is 142 Å². The van der Waals surface area contributed by atoms with E-state index in [4.69, 9.17) is 16.3 Å². The number of ether oxygens (including phenoxy) is 1. The number of anilines is 1. The summed E-state index contributed by atoms with van der Waals surface area (Å²) in [5.41, 5.74) is 0.975. The molecule has 1 N–H and O–H groups in total.